The number of halogens is 1. The molecule has 24 nitrogen and oxygen atoms in total. The van der Waals surface area contributed by atoms with Gasteiger partial charge in [-0.15, -0.1) is 21.5 Å². The average molecular weight is 1280 g/mol. The summed E-state index contributed by atoms with van der Waals surface area (Å²) in [7, 11) is 2.20. The number of anilines is 5. The molecular formula is C64H75FN14O10S2. The molecule has 0 radical (unpaired) electrons. The molecule has 9 rings (SSSR count). The van der Waals surface area contributed by atoms with Gasteiger partial charge < -0.3 is 61.1 Å². The number of thiazole rings is 2. The molecule has 0 bridgehead atoms. The minimum absolute atomic E-state index is 0.0160. The summed E-state index contributed by atoms with van der Waals surface area (Å²) in [6, 6.07) is 17.2. The monoisotopic (exact) mass is 1280 g/mol. The average Bonchev–Trinajstić information content (AvgIpc) is 2.03. The van der Waals surface area contributed by atoms with Gasteiger partial charge in [-0.3, -0.25) is 33.8 Å². The number of imide groups is 1. The van der Waals surface area contributed by atoms with Crippen LogP contribution >= 0.6 is 22.7 Å². The number of aryl methyl sites for hydroxylation is 1. The number of nitrogens with zero attached hydrogens (tertiary/aromatic N) is 8. The molecule has 7 N–H and O–H groups in total. The summed E-state index contributed by atoms with van der Waals surface area (Å²) in [5.74, 6) is 3.05. The number of aromatic nitrogens is 4. The van der Waals surface area contributed by atoms with Gasteiger partial charge in [0.1, 0.15) is 24.3 Å². The molecule has 0 aliphatic carbocycles. The van der Waals surface area contributed by atoms with E-state index in [0.717, 1.165) is 81.9 Å². The van der Waals surface area contributed by atoms with Crippen molar-refractivity contribution in [2.75, 3.05) is 88.2 Å². The first-order valence-corrected chi connectivity index (χ1v) is 32.0. The Morgan fingerprint density at radius 3 is 2.36 bits per heavy atom. The maximum atomic E-state index is 15.4. The number of fused-ring (bicyclic) bond motifs is 2. The molecule has 480 valence electrons. The number of benzene rings is 3. The summed E-state index contributed by atoms with van der Waals surface area (Å²) in [5.41, 5.74) is 10.0. The fourth-order valence-electron chi connectivity index (χ4n) is 10.9. The van der Waals surface area contributed by atoms with Crippen molar-refractivity contribution in [3.8, 4) is 17.6 Å². The highest BCUT2D eigenvalue weighted by Crippen LogP contribution is 2.39. The van der Waals surface area contributed by atoms with E-state index in [9.17, 15) is 38.7 Å². The molecule has 0 saturated carbocycles. The zero-order valence-corrected chi connectivity index (χ0v) is 53.1. The molecule has 6 heterocycles. The van der Waals surface area contributed by atoms with E-state index >= 15 is 4.39 Å². The van der Waals surface area contributed by atoms with Crippen LogP contribution in [-0.2, 0) is 48.1 Å². The summed E-state index contributed by atoms with van der Waals surface area (Å²) in [6.07, 6.45) is 5.02. The number of urea groups is 1. The number of para-hydroxylation sites is 1. The normalized spacial score (nSPS) is 15.5. The van der Waals surface area contributed by atoms with E-state index in [1.54, 1.807) is 26.0 Å². The number of carboxylic acids is 1. The van der Waals surface area contributed by atoms with Crippen LogP contribution < -0.4 is 47.1 Å². The number of piperazine rings is 1. The van der Waals surface area contributed by atoms with Gasteiger partial charge in [0.05, 0.1) is 68.7 Å². The van der Waals surface area contributed by atoms with Gasteiger partial charge in [-0.05, 0) is 101 Å². The third-order valence-corrected chi connectivity index (χ3v) is 18.2. The van der Waals surface area contributed by atoms with E-state index in [0.29, 0.717) is 63.8 Å². The number of carboxylic acid groups (broad SMARTS) is 1. The van der Waals surface area contributed by atoms with E-state index in [-0.39, 0.29) is 69.2 Å². The molecule has 3 aliphatic rings. The predicted octanol–water partition coefficient (Wildman–Crippen LogP) is 5.24. The van der Waals surface area contributed by atoms with E-state index in [1.807, 2.05) is 67.3 Å². The summed E-state index contributed by atoms with van der Waals surface area (Å²) in [5, 5.41) is 36.9. The lowest BCUT2D eigenvalue weighted by molar-refractivity contribution is -0.926. The van der Waals surface area contributed by atoms with Crippen molar-refractivity contribution in [1.29, 1.82) is 0 Å². The number of carbonyl (C=O) groups excluding carboxylic acids is 7. The van der Waals surface area contributed by atoms with Gasteiger partial charge in [-0.2, -0.15) is 0 Å². The number of nitrogens with two attached hydrogens (primary N) is 1. The zero-order chi connectivity index (χ0) is 64.8. The minimum atomic E-state index is -1.38. The minimum Gasteiger partial charge on any atom is -0.543 e. The highest BCUT2D eigenvalue weighted by Gasteiger charge is 2.33. The molecular weight excluding hydrogens is 1210 g/mol. The van der Waals surface area contributed by atoms with Gasteiger partial charge in [-0.25, -0.2) is 19.2 Å². The van der Waals surface area contributed by atoms with Gasteiger partial charge in [0.25, 0.3) is 11.8 Å². The lowest BCUT2D eigenvalue weighted by Crippen LogP contribution is -2.58. The van der Waals surface area contributed by atoms with Crippen molar-refractivity contribution in [1.82, 2.24) is 45.9 Å². The summed E-state index contributed by atoms with van der Waals surface area (Å²) < 4.78 is 28.6. The van der Waals surface area contributed by atoms with Crippen LogP contribution in [0.15, 0.2) is 78.9 Å². The highest BCUT2D eigenvalue weighted by atomic mass is 32.1. The second kappa shape index (κ2) is 30.7. The second-order valence-electron chi connectivity index (χ2n) is 23.2. The first-order valence-electron chi connectivity index (χ1n) is 30.3. The van der Waals surface area contributed by atoms with Gasteiger partial charge in [0, 0.05) is 77.6 Å². The molecule has 3 aliphatic heterocycles. The fourth-order valence-corrected chi connectivity index (χ4v) is 12.8. The lowest BCUT2D eigenvalue weighted by atomic mass is 10.0. The van der Waals surface area contributed by atoms with Crippen molar-refractivity contribution in [3.05, 3.63) is 118 Å². The molecule has 6 aromatic rings. The largest absolute Gasteiger partial charge is 0.543 e. The lowest BCUT2D eigenvalue weighted by Gasteiger charge is -2.43. The van der Waals surface area contributed by atoms with E-state index < -0.39 is 59.4 Å². The number of primary amides is 1. The molecule has 3 atom stereocenters. The SMILES string of the molecule is Cc1c(Nc2nc3ccccc3s2)nnc2c1CCCN2c1nc(C(=O)[O-])c(CCCOc2ccc(C#CC(C)N3CC[N+](C)(Cc4ccc(NC(=O)[C@H](CCCNC(N)=O)NC(=O)[C@@H](NC(=O)CCOCCN5C(=O)C=CC5=O)C(C)C)cc4)CC3)cc2F)s1. The zero-order valence-electron chi connectivity index (χ0n) is 51.5. The third-order valence-electron chi connectivity index (χ3n) is 16.1. The number of aromatic carboxylic acids is 1. The Hall–Kier alpha value is -8.94. The number of hydrogen-bond donors (Lipinski definition) is 6. The molecule has 0 spiro atoms. The number of likely N-dealkylation sites (N-methyl/N-ethyl adjacent to an activating group) is 1. The van der Waals surface area contributed by atoms with Crippen molar-refractivity contribution in [2.24, 2.45) is 11.7 Å². The van der Waals surface area contributed by atoms with Crippen molar-refractivity contribution >= 4 is 102 Å². The van der Waals surface area contributed by atoms with Crippen LogP contribution in [0.5, 0.6) is 5.75 Å². The predicted molar refractivity (Wildman–Crippen MR) is 341 cm³/mol. The Kier molecular flexibility index (Phi) is 22.4. The number of hydrogen-bond acceptors (Lipinski definition) is 19. The molecule has 91 heavy (non-hydrogen) atoms. The number of nitrogens with one attached hydrogen (secondary N) is 5. The van der Waals surface area contributed by atoms with Crippen LogP contribution in [0.2, 0.25) is 0 Å². The Labute approximate surface area is 534 Å². The Balaban J connectivity index is 0.710. The summed E-state index contributed by atoms with van der Waals surface area (Å²) >= 11 is 2.79. The molecule has 7 amide bonds. The molecule has 1 saturated heterocycles. The van der Waals surface area contributed by atoms with Crippen molar-refractivity contribution < 1.29 is 57.0 Å². The van der Waals surface area contributed by atoms with Crippen LogP contribution in [0.4, 0.5) is 36.8 Å². The maximum Gasteiger partial charge on any atom is 0.312 e. The standard InChI is InChI=1S/C64H75FN14O10S2/c1-39(2)55(71-52(80)26-35-88-36-31-77-53(81)24-25-54(77)82)60(84)69-48(13-8-27-67-62(66)87)59(83)68-44-21-18-43(19-22-44)38-79(5)32-29-76(30-33-79)40(3)16-17-42-20-23-49(46(65)37-42)89-34-10-15-51-56(61(85)86)72-64(91-51)78-28-9-11-45-41(4)57(74-75-58(45)78)73-63-70-47-12-6-7-14-50(47)90-63/h6-7,12,14,18-25,37,39-40,48,55H,8-11,13,15,26-36,38H2,1-5H3,(H7-,66,67,68,69,70,71,73,74,80,83,84,85,86,87)/t40?,48-,55-/m0/s1. The van der Waals surface area contributed by atoms with Crippen LogP contribution in [0.3, 0.4) is 0 Å². The number of rotatable bonds is 28. The highest BCUT2D eigenvalue weighted by molar-refractivity contribution is 7.22. The van der Waals surface area contributed by atoms with Crippen molar-refractivity contribution in [2.45, 2.75) is 97.3 Å². The summed E-state index contributed by atoms with van der Waals surface area (Å²) in [4.78, 5) is 102. The van der Waals surface area contributed by atoms with Crippen LogP contribution in [-0.4, -0.2) is 167 Å². The third kappa shape index (κ3) is 17.7. The topological polar surface area (TPSA) is 308 Å². The Bertz CT molecular complexity index is 3700. The first kappa shape index (κ1) is 66.5. The molecule has 3 aromatic heterocycles. The number of carbonyl (C=O) groups is 7. The number of ether oxygens (including phenoxy) is 2. The molecule has 1 fully saturated rings. The van der Waals surface area contributed by atoms with E-state index in [4.69, 9.17) is 15.2 Å². The smallest absolute Gasteiger partial charge is 0.312 e. The second-order valence-corrected chi connectivity index (χ2v) is 25.3. The quantitative estimate of drug-likeness (QED) is 0.0158. The van der Waals surface area contributed by atoms with Crippen LogP contribution in [0.25, 0.3) is 10.2 Å². The van der Waals surface area contributed by atoms with E-state index in [1.165, 1.54) is 40.9 Å². The Morgan fingerprint density at radius 2 is 1.65 bits per heavy atom. The molecule has 1 unspecified atom stereocenters. The van der Waals surface area contributed by atoms with Gasteiger partial charge in [0.2, 0.25) is 17.7 Å². The summed E-state index contributed by atoms with van der Waals surface area (Å²) in [6.45, 7) is 12.5. The van der Waals surface area contributed by atoms with Gasteiger partial charge in [0.15, 0.2) is 33.5 Å². The maximum absolute atomic E-state index is 15.4. The van der Waals surface area contributed by atoms with E-state index in [2.05, 4.69) is 70.5 Å². The number of amides is 7. The Morgan fingerprint density at radius 1 is 0.890 bits per heavy atom. The van der Waals surface area contributed by atoms with Crippen molar-refractivity contribution in [3.63, 3.8) is 0 Å². The first-order chi connectivity index (χ1) is 43.7. The van der Waals surface area contributed by atoms with Crippen LogP contribution in [0.1, 0.15) is 90.5 Å². The molecule has 3 aromatic carbocycles. The molecule has 27 heteroatoms. The van der Waals surface area contributed by atoms with Gasteiger partial charge in [-0.1, -0.05) is 61.3 Å². The van der Waals surface area contributed by atoms with Crippen LogP contribution in [0, 0.1) is 30.5 Å². The fraction of sp³-hybridized carbons (Fsp3) is 0.422. The number of quaternary nitrogens is 1. The van der Waals surface area contributed by atoms with Gasteiger partial charge >= 0.3 is 6.03 Å².